The minimum atomic E-state index is -4.67. The van der Waals surface area contributed by atoms with Gasteiger partial charge < -0.3 is 55.7 Å². The third kappa shape index (κ3) is 21.7. The summed E-state index contributed by atoms with van der Waals surface area (Å²) >= 11 is 0. The number of carboxylic acids is 1. The summed E-state index contributed by atoms with van der Waals surface area (Å²) in [7, 11) is -4.67. The monoisotopic (exact) mass is 865 g/mol. The summed E-state index contributed by atoms with van der Waals surface area (Å²) < 4.78 is 48.8. The maximum Gasteiger partial charge on any atom is 0.394 e. The van der Waals surface area contributed by atoms with E-state index < -0.39 is 126 Å². The molecule has 0 amide bonds. The van der Waals surface area contributed by atoms with Crippen LogP contribution in [0.1, 0.15) is 91.4 Å². The van der Waals surface area contributed by atoms with Gasteiger partial charge in [-0.05, 0) is 32.6 Å². The summed E-state index contributed by atoms with van der Waals surface area (Å²) in [5.74, 6) is -5.91. The van der Waals surface area contributed by atoms with E-state index in [1.54, 1.807) is 43.4 Å². The first-order valence-corrected chi connectivity index (χ1v) is 21.0. The summed E-state index contributed by atoms with van der Waals surface area (Å²) in [5.41, 5.74) is 5.94. The number of carboxylic acid groups (broad SMARTS) is 1. The molecule has 2 heterocycles. The largest absolute Gasteiger partial charge is 0.481 e. The van der Waals surface area contributed by atoms with Crippen molar-refractivity contribution in [3.8, 4) is 0 Å². The highest BCUT2D eigenvalue weighted by atomic mass is 32.3. The number of ketones is 2. The summed E-state index contributed by atoms with van der Waals surface area (Å²) in [6, 6.07) is -1.12. The van der Waals surface area contributed by atoms with Gasteiger partial charge in [0.1, 0.15) is 29.7 Å². The van der Waals surface area contributed by atoms with Crippen molar-refractivity contribution < 1.29 is 86.7 Å². The molecule has 2 rings (SSSR count). The van der Waals surface area contributed by atoms with Gasteiger partial charge in [0.05, 0.1) is 54.7 Å². The minimum absolute atomic E-state index is 0.0261. The van der Waals surface area contributed by atoms with E-state index in [4.69, 9.17) is 37.5 Å². The molecule has 0 spiro atoms. The fraction of sp³-hybridized carbons (Fsp3) is 0.692. The maximum absolute atomic E-state index is 13.0. The molecule has 59 heavy (non-hydrogen) atoms. The predicted molar refractivity (Wildman–Crippen MR) is 211 cm³/mol. The number of ether oxygens (including phenoxy) is 3. The second kappa shape index (κ2) is 27.6. The van der Waals surface area contributed by atoms with Crippen molar-refractivity contribution in [1.29, 1.82) is 0 Å². The van der Waals surface area contributed by atoms with Crippen LogP contribution in [0.15, 0.2) is 48.6 Å². The van der Waals surface area contributed by atoms with Gasteiger partial charge >= 0.3 is 22.3 Å². The fourth-order valence-electron chi connectivity index (χ4n) is 6.47. The molecule has 19 nitrogen and oxygen atoms in total. The lowest BCUT2D eigenvalue weighted by Crippen LogP contribution is -2.61. The Balaban J connectivity index is 0.00000327. The van der Waals surface area contributed by atoms with Crippen molar-refractivity contribution >= 4 is 33.9 Å². The van der Waals surface area contributed by atoms with Crippen molar-refractivity contribution in [1.82, 2.24) is 0 Å². The van der Waals surface area contributed by atoms with Crippen LogP contribution in [0.25, 0.3) is 0 Å². The quantitative estimate of drug-likeness (QED) is 0.131. The van der Waals surface area contributed by atoms with E-state index in [2.05, 4.69) is 0 Å². The molecule has 1 fully saturated rings. The number of carbonyl (C=O) groups is 4. The molecule has 20 heteroatoms. The molecule has 0 aromatic heterocycles. The molecule has 2 aliphatic heterocycles. The molecule has 13 atom stereocenters. The van der Waals surface area contributed by atoms with Gasteiger partial charge in [-0.1, -0.05) is 68.9 Å². The molecule has 0 bridgehead atoms. The van der Waals surface area contributed by atoms with Crippen LogP contribution in [0.5, 0.6) is 0 Å². The molecule has 338 valence electrons. The van der Waals surface area contributed by atoms with Gasteiger partial charge in [-0.3, -0.25) is 28.3 Å². The number of aliphatic hydroxyl groups excluding tert-OH is 6. The van der Waals surface area contributed by atoms with Gasteiger partial charge in [-0.15, -0.1) is 0 Å². The van der Waals surface area contributed by atoms with Gasteiger partial charge in [-0.25, -0.2) is 0 Å². The van der Waals surface area contributed by atoms with Crippen molar-refractivity contribution in [2.45, 2.75) is 159 Å². The van der Waals surface area contributed by atoms with E-state index in [1.165, 1.54) is 13.0 Å². The molecule has 0 aromatic rings. The number of esters is 1. The molecule has 0 radical (unpaired) electrons. The third-order valence-electron chi connectivity index (χ3n) is 9.64. The molecular weight excluding hydrogens is 802 g/mol. The van der Waals surface area contributed by atoms with Crippen LogP contribution in [-0.2, 0) is 43.8 Å². The zero-order valence-corrected chi connectivity index (χ0v) is 34.4. The van der Waals surface area contributed by atoms with Crippen molar-refractivity contribution in [2.75, 3.05) is 0 Å². The Morgan fingerprint density at radius 2 is 1.46 bits per heavy atom. The molecule has 13 unspecified atom stereocenters. The predicted octanol–water partition coefficient (Wildman–Crippen LogP) is 0.893. The SMILES string of the molecule is CCCC1C/C=C\C=CC=C/C=C\C(OC2OC(C)C(O)C(N)C2O)CC(O)C(C(=O)O)C(O)CC(=O)CC(O)CCCC(=O)CC(O)C(CC)C(=O)O1.O=S(=O)(O)O. The highest BCUT2D eigenvalue weighted by molar-refractivity contribution is 7.79. The van der Waals surface area contributed by atoms with Gasteiger partial charge in [-0.2, -0.15) is 8.42 Å². The number of hydrogen-bond acceptors (Lipinski definition) is 16. The van der Waals surface area contributed by atoms with Gasteiger partial charge in [0.15, 0.2) is 6.29 Å². The Morgan fingerprint density at radius 1 is 0.864 bits per heavy atom. The Bertz CT molecular complexity index is 1520. The standard InChI is InChI=1S/C39H61NO14.H2O4S/c1-4-14-27-17-11-9-7-6-8-10-12-18-28(54-39-36(48)34(40)35(47)23(3)52-39)22-32(46)33(37(49)50)31(45)21-26(43)19-24(41)15-13-16-25(42)20-30(44)29(5-2)38(51)53-27;1-5(2,3)4/h6-12,18,23-24,27-36,39,41,44-48H,4-5,13-17,19-22,40H2,1-3H3,(H,49,50);(H2,1,2,3,4)/b7-6?,10-8?,11-9-,18-12-;. The van der Waals surface area contributed by atoms with Crippen molar-refractivity contribution in [2.24, 2.45) is 17.6 Å². The number of nitrogens with two attached hydrogens (primary N) is 1. The maximum atomic E-state index is 13.0. The number of aliphatic carboxylic acids is 1. The van der Waals surface area contributed by atoms with Crippen molar-refractivity contribution in [3.63, 3.8) is 0 Å². The van der Waals surface area contributed by atoms with E-state index in [1.807, 2.05) is 13.0 Å². The van der Waals surface area contributed by atoms with Gasteiger partial charge in [0, 0.05) is 38.5 Å². The van der Waals surface area contributed by atoms with E-state index >= 15 is 0 Å². The first-order valence-electron chi connectivity index (χ1n) is 19.6. The molecule has 0 aliphatic carbocycles. The lowest BCUT2D eigenvalue weighted by atomic mass is 9.88. The molecular formula is C39H63NO18S. The second-order valence-electron chi connectivity index (χ2n) is 14.6. The van der Waals surface area contributed by atoms with Crippen LogP contribution in [0.4, 0.5) is 0 Å². The summed E-state index contributed by atoms with van der Waals surface area (Å²) in [6.45, 7) is 5.21. The average molecular weight is 866 g/mol. The summed E-state index contributed by atoms with van der Waals surface area (Å²) in [4.78, 5) is 50.6. The Hall–Kier alpha value is -3.25. The zero-order chi connectivity index (χ0) is 44.9. The number of carbonyl (C=O) groups excluding carboxylic acids is 3. The van der Waals surface area contributed by atoms with Crippen LogP contribution in [-0.4, -0.2) is 144 Å². The number of rotatable bonds is 6. The fourth-order valence-corrected chi connectivity index (χ4v) is 6.47. The number of aliphatic hydroxyl groups is 6. The van der Waals surface area contributed by atoms with Crippen LogP contribution in [0.2, 0.25) is 0 Å². The third-order valence-corrected chi connectivity index (χ3v) is 9.64. The average Bonchev–Trinajstić information content (AvgIpc) is 3.11. The zero-order valence-electron chi connectivity index (χ0n) is 33.6. The van der Waals surface area contributed by atoms with E-state index in [9.17, 15) is 54.9 Å². The van der Waals surface area contributed by atoms with Gasteiger partial charge in [0.2, 0.25) is 0 Å². The second-order valence-corrected chi connectivity index (χ2v) is 15.5. The highest BCUT2D eigenvalue weighted by Gasteiger charge is 2.43. The summed E-state index contributed by atoms with van der Waals surface area (Å²) in [6.07, 6.45) is 1.33. The Morgan fingerprint density at radius 3 is 2.05 bits per heavy atom. The van der Waals surface area contributed by atoms with E-state index in [-0.39, 0.29) is 37.9 Å². The molecule has 1 saturated heterocycles. The van der Waals surface area contributed by atoms with Crippen LogP contribution in [0, 0.1) is 11.8 Å². The summed E-state index contributed by atoms with van der Waals surface area (Å²) in [5, 5.41) is 73.7. The highest BCUT2D eigenvalue weighted by Crippen LogP contribution is 2.26. The van der Waals surface area contributed by atoms with E-state index in [0.717, 1.165) is 6.42 Å². The number of allylic oxidation sites excluding steroid dienone is 6. The van der Waals surface area contributed by atoms with Crippen LogP contribution >= 0.6 is 0 Å². The minimum Gasteiger partial charge on any atom is -0.481 e. The number of cyclic esters (lactones) is 1. The molecule has 2 aliphatic rings. The Labute approximate surface area is 344 Å². The topological polar surface area (TPSA) is 338 Å². The molecule has 0 saturated carbocycles. The first-order chi connectivity index (χ1) is 27.6. The first kappa shape index (κ1) is 53.8. The van der Waals surface area contributed by atoms with Crippen LogP contribution < -0.4 is 5.73 Å². The number of hydrogen-bond donors (Lipinski definition) is 10. The lowest BCUT2D eigenvalue weighted by molar-refractivity contribution is -0.277. The molecule has 0 aromatic carbocycles. The Kier molecular flexibility index (Phi) is 25.1. The van der Waals surface area contributed by atoms with E-state index in [0.29, 0.717) is 12.8 Å². The van der Waals surface area contributed by atoms with Crippen molar-refractivity contribution in [3.05, 3.63) is 48.6 Å². The lowest BCUT2D eigenvalue weighted by Gasteiger charge is -2.41. The number of Topliss-reactive ketones (excluding diaryl/α,β-unsaturated/α-hetero) is 2. The van der Waals surface area contributed by atoms with Crippen LogP contribution in [0.3, 0.4) is 0 Å². The van der Waals surface area contributed by atoms with Gasteiger partial charge in [0.25, 0.3) is 0 Å². The molecule has 11 N–H and O–H groups in total. The smallest absolute Gasteiger partial charge is 0.394 e. The normalized spacial score (nSPS) is 35.6.